The van der Waals surface area contributed by atoms with Crippen LogP contribution in [-0.2, 0) is 0 Å². The Kier molecular flexibility index (Phi) is 3.28. The molecule has 1 aliphatic heterocycles. The molecule has 1 fully saturated rings. The average Bonchev–Trinajstić information content (AvgIpc) is 2.70. The van der Waals surface area contributed by atoms with Gasteiger partial charge in [-0.2, -0.15) is 0 Å². The van der Waals surface area contributed by atoms with Crippen LogP contribution in [0.5, 0.6) is 0 Å². The van der Waals surface area contributed by atoms with Gasteiger partial charge in [0.05, 0.1) is 5.56 Å². The SMILES string of the molecule is CC1CCN(c2ncccc2C(N)=O)C1CN. The Hall–Kier alpha value is -1.62. The number of nitrogens with two attached hydrogens (primary N) is 2. The van der Waals surface area contributed by atoms with Crippen LogP contribution in [-0.4, -0.2) is 30.0 Å². The van der Waals surface area contributed by atoms with Crippen LogP contribution in [0.3, 0.4) is 0 Å². The number of hydrogen-bond acceptors (Lipinski definition) is 4. The first-order chi connectivity index (χ1) is 8.15. The van der Waals surface area contributed by atoms with Gasteiger partial charge < -0.3 is 16.4 Å². The van der Waals surface area contributed by atoms with Gasteiger partial charge in [-0.1, -0.05) is 6.92 Å². The van der Waals surface area contributed by atoms with Gasteiger partial charge in [-0.05, 0) is 24.5 Å². The van der Waals surface area contributed by atoms with E-state index in [4.69, 9.17) is 11.5 Å². The molecule has 1 aromatic rings. The molecule has 0 aliphatic carbocycles. The molecule has 1 aliphatic rings. The molecule has 1 aromatic heterocycles. The van der Waals surface area contributed by atoms with E-state index < -0.39 is 5.91 Å². The molecule has 2 rings (SSSR count). The van der Waals surface area contributed by atoms with Crippen molar-refractivity contribution in [1.82, 2.24) is 4.98 Å². The van der Waals surface area contributed by atoms with Crippen molar-refractivity contribution in [2.24, 2.45) is 17.4 Å². The lowest BCUT2D eigenvalue weighted by molar-refractivity contribution is 0.100. The van der Waals surface area contributed by atoms with Crippen LogP contribution in [0.15, 0.2) is 18.3 Å². The van der Waals surface area contributed by atoms with Crippen molar-refractivity contribution in [2.45, 2.75) is 19.4 Å². The van der Waals surface area contributed by atoms with Gasteiger partial charge >= 0.3 is 0 Å². The van der Waals surface area contributed by atoms with Gasteiger partial charge in [0.15, 0.2) is 0 Å². The molecule has 0 radical (unpaired) electrons. The molecule has 0 spiro atoms. The van der Waals surface area contributed by atoms with Gasteiger partial charge in [-0.15, -0.1) is 0 Å². The minimum atomic E-state index is -0.441. The van der Waals surface area contributed by atoms with Gasteiger partial charge in [0.1, 0.15) is 5.82 Å². The molecular formula is C12H18N4O. The number of carbonyl (C=O) groups excluding carboxylic acids is 1. The summed E-state index contributed by atoms with van der Waals surface area (Å²) in [4.78, 5) is 17.8. The zero-order valence-corrected chi connectivity index (χ0v) is 9.97. The van der Waals surface area contributed by atoms with E-state index in [-0.39, 0.29) is 6.04 Å². The van der Waals surface area contributed by atoms with E-state index in [1.165, 1.54) is 0 Å². The standard InChI is InChI=1S/C12H18N4O/c1-8-4-6-16(10(8)7-13)12-9(11(14)17)3-2-5-15-12/h2-3,5,8,10H,4,6-7,13H2,1H3,(H2,14,17). The van der Waals surface area contributed by atoms with Crippen molar-refractivity contribution in [1.29, 1.82) is 0 Å². The van der Waals surface area contributed by atoms with Crippen LogP contribution in [0.2, 0.25) is 0 Å². The molecule has 1 saturated heterocycles. The van der Waals surface area contributed by atoms with E-state index in [0.29, 0.717) is 23.8 Å². The zero-order chi connectivity index (χ0) is 12.4. The molecular weight excluding hydrogens is 216 g/mol. The largest absolute Gasteiger partial charge is 0.365 e. The molecule has 92 valence electrons. The highest BCUT2D eigenvalue weighted by Gasteiger charge is 2.32. The third-order valence-electron chi connectivity index (χ3n) is 3.45. The van der Waals surface area contributed by atoms with E-state index >= 15 is 0 Å². The summed E-state index contributed by atoms with van der Waals surface area (Å²) in [5, 5.41) is 0. The van der Waals surface area contributed by atoms with Crippen LogP contribution < -0.4 is 16.4 Å². The van der Waals surface area contributed by atoms with Crippen LogP contribution in [0.1, 0.15) is 23.7 Å². The lowest BCUT2D eigenvalue weighted by atomic mass is 10.0. The first-order valence-corrected chi connectivity index (χ1v) is 5.86. The summed E-state index contributed by atoms with van der Waals surface area (Å²) in [6, 6.07) is 3.67. The fourth-order valence-corrected chi connectivity index (χ4v) is 2.45. The number of aromatic nitrogens is 1. The molecule has 1 amide bonds. The summed E-state index contributed by atoms with van der Waals surface area (Å²) in [6.07, 6.45) is 2.75. The van der Waals surface area contributed by atoms with E-state index in [1.807, 2.05) is 0 Å². The van der Waals surface area contributed by atoms with Crippen molar-refractivity contribution < 1.29 is 4.79 Å². The van der Waals surface area contributed by atoms with Gasteiger partial charge in [0.25, 0.3) is 5.91 Å². The van der Waals surface area contributed by atoms with Crippen molar-refractivity contribution in [3.05, 3.63) is 23.9 Å². The summed E-state index contributed by atoms with van der Waals surface area (Å²) in [7, 11) is 0. The fourth-order valence-electron chi connectivity index (χ4n) is 2.45. The lowest BCUT2D eigenvalue weighted by Gasteiger charge is -2.27. The number of carbonyl (C=O) groups is 1. The molecule has 2 atom stereocenters. The highest BCUT2D eigenvalue weighted by molar-refractivity contribution is 5.97. The second-order valence-corrected chi connectivity index (χ2v) is 4.50. The monoisotopic (exact) mass is 234 g/mol. The number of nitrogens with zero attached hydrogens (tertiary/aromatic N) is 2. The maximum Gasteiger partial charge on any atom is 0.252 e. The van der Waals surface area contributed by atoms with Crippen LogP contribution in [0.25, 0.3) is 0 Å². The van der Waals surface area contributed by atoms with E-state index in [0.717, 1.165) is 13.0 Å². The number of rotatable bonds is 3. The normalized spacial score (nSPS) is 24.0. The van der Waals surface area contributed by atoms with Gasteiger partial charge in [-0.25, -0.2) is 4.98 Å². The predicted molar refractivity (Wildman–Crippen MR) is 66.7 cm³/mol. The molecule has 0 aromatic carbocycles. The Bertz CT molecular complexity index is 421. The van der Waals surface area contributed by atoms with Gasteiger partial charge in [-0.3, -0.25) is 4.79 Å². The second kappa shape index (κ2) is 4.71. The van der Waals surface area contributed by atoms with Crippen LogP contribution in [0.4, 0.5) is 5.82 Å². The van der Waals surface area contributed by atoms with E-state index in [2.05, 4.69) is 16.8 Å². The topological polar surface area (TPSA) is 85.2 Å². The molecule has 4 N–H and O–H groups in total. The van der Waals surface area contributed by atoms with Crippen LogP contribution in [0, 0.1) is 5.92 Å². The first-order valence-electron chi connectivity index (χ1n) is 5.86. The zero-order valence-electron chi connectivity index (χ0n) is 9.97. The van der Waals surface area contributed by atoms with Crippen LogP contribution >= 0.6 is 0 Å². The highest BCUT2D eigenvalue weighted by atomic mass is 16.1. The minimum absolute atomic E-state index is 0.239. The molecule has 0 bridgehead atoms. The molecule has 2 unspecified atom stereocenters. The van der Waals surface area contributed by atoms with Crippen molar-refractivity contribution in [3.8, 4) is 0 Å². The maximum atomic E-state index is 11.4. The third kappa shape index (κ3) is 2.10. The molecule has 2 heterocycles. The third-order valence-corrected chi connectivity index (χ3v) is 3.45. The maximum absolute atomic E-state index is 11.4. The smallest absolute Gasteiger partial charge is 0.252 e. The summed E-state index contributed by atoms with van der Waals surface area (Å²) < 4.78 is 0. The number of pyridine rings is 1. The number of primary amides is 1. The predicted octanol–water partition coefficient (Wildman–Crippen LogP) is 0.354. The highest BCUT2D eigenvalue weighted by Crippen LogP contribution is 2.29. The Morgan fingerprint density at radius 3 is 3.06 bits per heavy atom. The van der Waals surface area contributed by atoms with Crippen molar-refractivity contribution >= 4 is 11.7 Å². The number of hydrogen-bond donors (Lipinski definition) is 2. The summed E-state index contributed by atoms with van der Waals surface area (Å²) >= 11 is 0. The van der Waals surface area contributed by atoms with E-state index in [9.17, 15) is 4.79 Å². The molecule has 5 nitrogen and oxygen atoms in total. The Morgan fingerprint density at radius 2 is 2.41 bits per heavy atom. The summed E-state index contributed by atoms with van der Waals surface area (Å²) in [5.41, 5.74) is 11.6. The molecule has 5 heteroatoms. The quantitative estimate of drug-likeness (QED) is 0.790. The molecule has 0 saturated carbocycles. The van der Waals surface area contributed by atoms with E-state index in [1.54, 1.807) is 18.3 Å². The van der Waals surface area contributed by atoms with Crippen molar-refractivity contribution in [2.75, 3.05) is 18.0 Å². The molecule has 17 heavy (non-hydrogen) atoms. The fraction of sp³-hybridized carbons (Fsp3) is 0.500. The Morgan fingerprint density at radius 1 is 1.65 bits per heavy atom. The van der Waals surface area contributed by atoms with Gasteiger partial charge in [0.2, 0.25) is 0 Å². The summed E-state index contributed by atoms with van der Waals surface area (Å²) in [5.74, 6) is 0.742. The number of amides is 1. The lowest BCUT2D eigenvalue weighted by Crippen LogP contribution is -2.40. The second-order valence-electron chi connectivity index (χ2n) is 4.50. The minimum Gasteiger partial charge on any atom is -0.365 e. The Labute approximate surface area is 101 Å². The number of anilines is 1. The van der Waals surface area contributed by atoms with Crippen molar-refractivity contribution in [3.63, 3.8) is 0 Å². The van der Waals surface area contributed by atoms with Gasteiger partial charge in [0, 0.05) is 25.3 Å². The summed E-state index contributed by atoms with van der Waals surface area (Å²) in [6.45, 7) is 3.61. The average molecular weight is 234 g/mol. The Balaban J connectivity index is 2.37. The first kappa shape index (κ1) is 11.9.